The Balaban J connectivity index is 2.43. The molecule has 0 fully saturated rings. The SMILES string of the molecule is CCNC(C)(C#N)CCCCN(C)c1cc(C)cc(C)c1. The first kappa shape index (κ1) is 17.5. The molecule has 21 heavy (non-hydrogen) atoms. The van der Waals surface area contributed by atoms with Gasteiger partial charge < -0.3 is 4.90 Å². The van der Waals surface area contributed by atoms with Crippen molar-refractivity contribution in [1.82, 2.24) is 5.32 Å². The second kappa shape index (κ2) is 8.05. The fourth-order valence-corrected chi connectivity index (χ4v) is 2.70. The van der Waals surface area contributed by atoms with Gasteiger partial charge in [0.05, 0.1) is 6.07 Å². The molecule has 0 aliphatic rings. The van der Waals surface area contributed by atoms with Gasteiger partial charge in [-0.3, -0.25) is 5.32 Å². The van der Waals surface area contributed by atoms with Crippen LogP contribution in [0.1, 0.15) is 44.2 Å². The topological polar surface area (TPSA) is 39.1 Å². The predicted molar refractivity (Wildman–Crippen MR) is 90.7 cm³/mol. The molecule has 3 heteroatoms. The molecule has 0 heterocycles. The summed E-state index contributed by atoms with van der Waals surface area (Å²) in [7, 11) is 2.14. The van der Waals surface area contributed by atoms with E-state index >= 15 is 0 Å². The first-order valence-corrected chi connectivity index (χ1v) is 7.86. The summed E-state index contributed by atoms with van der Waals surface area (Å²) in [6, 6.07) is 9.04. The van der Waals surface area contributed by atoms with Crippen molar-refractivity contribution in [3.05, 3.63) is 29.3 Å². The molecule has 3 nitrogen and oxygen atoms in total. The zero-order valence-corrected chi connectivity index (χ0v) is 14.2. The fourth-order valence-electron chi connectivity index (χ4n) is 2.70. The van der Waals surface area contributed by atoms with Gasteiger partial charge in [-0.05, 0) is 69.8 Å². The maximum Gasteiger partial charge on any atom is 0.103 e. The highest BCUT2D eigenvalue weighted by Gasteiger charge is 2.21. The average molecular weight is 287 g/mol. The summed E-state index contributed by atoms with van der Waals surface area (Å²) in [6.45, 7) is 10.2. The standard InChI is InChI=1S/C18H29N3/c1-6-20-18(4,14-19)9-7-8-10-21(5)17-12-15(2)11-16(3)13-17/h11-13,20H,6-10H2,1-5H3. The smallest absolute Gasteiger partial charge is 0.103 e. The van der Waals surface area contributed by atoms with Crippen molar-refractivity contribution in [2.75, 3.05) is 25.0 Å². The minimum atomic E-state index is -0.382. The molecule has 0 bridgehead atoms. The summed E-state index contributed by atoms with van der Waals surface area (Å²) in [5, 5.41) is 12.5. The van der Waals surface area contributed by atoms with Crippen LogP contribution in [0, 0.1) is 25.2 Å². The summed E-state index contributed by atoms with van der Waals surface area (Å²) >= 11 is 0. The molecule has 0 aromatic heterocycles. The molecule has 1 aromatic carbocycles. The molecule has 116 valence electrons. The summed E-state index contributed by atoms with van der Waals surface area (Å²) in [6.07, 6.45) is 3.07. The van der Waals surface area contributed by atoms with Crippen molar-refractivity contribution in [2.45, 2.75) is 52.5 Å². The number of unbranched alkanes of at least 4 members (excludes halogenated alkanes) is 1. The monoisotopic (exact) mass is 287 g/mol. The Hall–Kier alpha value is -1.53. The summed E-state index contributed by atoms with van der Waals surface area (Å²) in [4.78, 5) is 2.30. The number of benzene rings is 1. The summed E-state index contributed by atoms with van der Waals surface area (Å²) in [5.74, 6) is 0. The van der Waals surface area contributed by atoms with E-state index in [1.807, 2.05) is 13.8 Å². The molecule has 0 spiro atoms. The van der Waals surface area contributed by atoms with Gasteiger partial charge >= 0.3 is 0 Å². The number of aryl methyl sites for hydroxylation is 2. The van der Waals surface area contributed by atoms with Crippen molar-refractivity contribution in [1.29, 1.82) is 5.26 Å². The van der Waals surface area contributed by atoms with Crippen LogP contribution >= 0.6 is 0 Å². The van der Waals surface area contributed by atoms with Gasteiger partial charge in [0.15, 0.2) is 0 Å². The molecular formula is C18H29N3. The zero-order valence-electron chi connectivity index (χ0n) is 14.2. The van der Waals surface area contributed by atoms with Crippen molar-refractivity contribution in [3.63, 3.8) is 0 Å². The highest BCUT2D eigenvalue weighted by molar-refractivity contribution is 5.50. The van der Waals surface area contributed by atoms with Gasteiger partial charge in [-0.2, -0.15) is 5.26 Å². The van der Waals surface area contributed by atoms with E-state index in [9.17, 15) is 5.26 Å². The van der Waals surface area contributed by atoms with Gasteiger partial charge in [-0.25, -0.2) is 0 Å². The lowest BCUT2D eigenvalue weighted by Gasteiger charge is -2.24. The van der Waals surface area contributed by atoms with Crippen molar-refractivity contribution < 1.29 is 0 Å². The second-order valence-electron chi connectivity index (χ2n) is 6.20. The van der Waals surface area contributed by atoms with Crippen LogP contribution in [-0.4, -0.2) is 25.7 Å². The number of nitrogens with one attached hydrogen (secondary N) is 1. The predicted octanol–water partition coefficient (Wildman–Crippen LogP) is 3.80. The molecule has 1 rings (SSSR count). The Bertz CT molecular complexity index is 469. The minimum absolute atomic E-state index is 0.382. The van der Waals surface area contributed by atoms with Gasteiger partial charge in [0.1, 0.15) is 5.54 Å². The Kier molecular flexibility index (Phi) is 6.71. The van der Waals surface area contributed by atoms with E-state index in [4.69, 9.17) is 0 Å². The first-order chi connectivity index (χ1) is 9.90. The molecule has 0 aliphatic heterocycles. The lowest BCUT2D eigenvalue weighted by Crippen LogP contribution is -2.40. The quantitative estimate of drug-likeness (QED) is 0.739. The summed E-state index contributed by atoms with van der Waals surface area (Å²) < 4.78 is 0. The molecule has 0 saturated carbocycles. The molecule has 1 atom stereocenters. The van der Waals surface area contributed by atoms with Crippen LogP contribution in [0.5, 0.6) is 0 Å². The molecule has 0 aliphatic carbocycles. The third-order valence-corrected chi connectivity index (χ3v) is 3.88. The molecule has 1 N–H and O–H groups in total. The lowest BCUT2D eigenvalue weighted by atomic mass is 9.96. The van der Waals surface area contributed by atoms with Crippen LogP contribution in [0.3, 0.4) is 0 Å². The summed E-state index contributed by atoms with van der Waals surface area (Å²) in [5.41, 5.74) is 3.51. The highest BCUT2D eigenvalue weighted by atomic mass is 15.1. The Morgan fingerprint density at radius 1 is 1.19 bits per heavy atom. The van der Waals surface area contributed by atoms with Gasteiger partial charge in [0.25, 0.3) is 0 Å². The van der Waals surface area contributed by atoms with Crippen LogP contribution in [0.15, 0.2) is 18.2 Å². The molecule has 1 aromatic rings. The lowest BCUT2D eigenvalue weighted by molar-refractivity contribution is 0.412. The molecule has 0 saturated heterocycles. The number of anilines is 1. The Labute approximate surface area is 130 Å². The molecule has 1 unspecified atom stereocenters. The number of hydrogen-bond donors (Lipinski definition) is 1. The Morgan fingerprint density at radius 2 is 1.81 bits per heavy atom. The van der Waals surface area contributed by atoms with Crippen LogP contribution in [0.25, 0.3) is 0 Å². The maximum atomic E-state index is 9.24. The van der Waals surface area contributed by atoms with Gasteiger partial charge in [0.2, 0.25) is 0 Å². The molecule has 0 radical (unpaired) electrons. The van der Waals surface area contributed by atoms with Crippen molar-refractivity contribution in [2.24, 2.45) is 0 Å². The van der Waals surface area contributed by atoms with Gasteiger partial charge in [-0.1, -0.05) is 13.0 Å². The number of hydrogen-bond acceptors (Lipinski definition) is 3. The Morgan fingerprint density at radius 3 is 2.33 bits per heavy atom. The van der Waals surface area contributed by atoms with E-state index in [1.165, 1.54) is 16.8 Å². The van der Waals surface area contributed by atoms with Crippen LogP contribution < -0.4 is 10.2 Å². The van der Waals surface area contributed by atoms with E-state index in [2.05, 4.69) is 55.4 Å². The number of rotatable bonds is 8. The third kappa shape index (κ3) is 5.77. The average Bonchev–Trinajstić information content (AvgIpc) is 2.42. The minimum Gasteiger partial charge on any atom is -0.375 e. The van der Waals surface area contributed by atoms with Gasteiger partial charge in [-0.15, -0.1) is 0 Å². The second-order valence-corrected chi connectivity index (χ2v) is 6.20. The molecule has 0 amide bonds. The van der Waals surface area contributed by atoms with Crippen molar-refractivity contribution >= 4 is 5.69 Å². The van der Waals surface area contributed by atoms with Gasteiger partial charge in [0, 0.05) is 19.3 Å². The largest absolute Gasteiger partial charge is 0.375 e. The normalized spacial score (nSPS) is 13.5. The number of nitriles is 1. The third-order valence-electron chi connectivity index (χ3n) is 3.88. The van der Waals surface area contributed by atoms with E-state index in [1.54, 1.807) is 0 Å². The number of nitrogens with zero attached hydrogens (tertiary/aromatic N) is 2. The highest BCUT2D eigenvalue weighted by Crippen LogP contribution is 2.19. The van der Waals surface area contributed by atoms with E-state index in [0.29, 0.717) is 0 Å². The maximum absolute atomic E-state index is 9.24. The van der Waals surface area contributed by atoms with Crippen LogP contribution in [-0.2, 0) is 0 Å². The van der Waals surface area contributed by atoms with Crippen molar-refractivity contribution in [3.8, 4) is 6.07 Å². The van der Waals surface area contributed by atoms with E-state index in [-0.39, 0.29) is 5.54 Å². The van der Waals surface area contributed by atoms with E-state index < -0.39 is 0 Å². The molecular weight excluding hydrogens is 258 g/mol. The fraction of sp³-hybridized carbons (Fsp3) is 0.611. The van der Waals surface area contributed by atoms with E-state index in [0.717, 1.165) is 32.4 Å². The van der Waals surface area contributed by atoms with Crippen LogP contribution in [0.2, 0.25) is 0 Å². The zero-order chi connectivity index (χ0) is 15.9. The first-order valence-electron chi connectivity index (χ1n) is 7.86. The van der Waals surface area contributed by atoms with Crippen LogP contribution in [0.4, 0.5) is 5.69 Å².